The highest BCUT2D eigenvalue weighted by Gasteiger charge is 2.30. The summed E-state index contributed by atoms with van der Waals surface area (Å²) in [6, 6.07) is 0. The average Bonchev–Trinajstić information content (AvgIpc) is 2.30. The summed E-state index contributed by atoms with van der Waals surface area (Å²) in [5.74, 6) is 1.31. The van der Waals surface area contributed by atoms with Crippen molar-refractivity contribution >= 4 is 5.91 Å². The Bertz CT molecular complexity index is 259. The zero-order valence-corrected chi connectivity index (χ0v) is 9.61. The monoisotopic (exact) mass is 207 g/mol. The molecule has 0 aromatic heterocycles. The summed E-state index contributed by atoms with van der Waals surface area (Å²) in [6.45, 7) is 4.00. The third kappa shape index (κ3) is 2.42. The van der Waals surface area contributed by atoms with Crippen LogP contribution < -0.4 is 0 Å². The van der Waals surface area contributed by atoms with Crippen molar-refractivity contribution in [2.24, 2.45) is 11.8 Å². The SMILES string of the molecule is CC1CCCCC1C(=O)N1CC=CCC1. The summed E-state index contributed by atoms with van der Waals surface area (Å²) < 4.78 is 0. The molecule has 1 aliphatic heterocycles. The van der Waals surface area contributed by atoms with Crippen LogP contribution in [0.5, 0.6) is 0 Å². The fraction of sp³-hybridized carbons (Fsp3) is 0.769. The van der Waals surface area contributed by atoms with Crippen molar-refractivity contribution in [3.63, 3.8) is 0 Å². The normalized spacial score (nSPS) is 31.7. The second-order valence-corrected chi connectivity index (χ2v) is 4.91. The molecule has 1 aliphatic carbocycles. The van der Waals surface area contributed by atoms with E-state index in [9.17, 15) is 4.79 Å². The Balaban J connectivity index is 1.96. The molecular weight excluding hydrogens is 186 g/mol. The lowest BCUT2D eigenvalue weighted by Gasteiger charge is -2.33. The maximum Gasteiger partial charge on any atom is 0.226 e. The summed E-state index contributed by atoms with van der Waals surface area (Å²) in [5.41, 5.74) is 0. The van der Waals surface area contributed by atoms with E-state index in [1.807, 2.05) is 4.90 Å². The molecule has 0 bridgehead atoms. The van der Waals surface area contributed by atoms with Crippen molar-refractivity contribution in [3.8, 4) is 0 Å². The van der Waals surface area contributed by atoms with Crippen molar-refractivity contribution in [3.05, 3.63) is 12.2 Å². The summed E-state index contributed by atoms with van der Waals surface area (Å²) >= 11 is 0. The van der Waals surface area contributed by atoms with Gasteiger partial charge in [-0.15, -0.1) is 0 Å². The van der Waals surface area contributed by atoms with E-state index >= 15 is 0 Å². The summed E-state index contributed by atoms with van der Waals surface area (Å²) in [6.07, 6.45) is 10.2. The molecule has 2 aliphatic rings. The van der Waals surface area contributed by atoms with E-state index in [0.717, 1.165) is 25.9 Å². The first-order valence-electron chi connectivity index (χ1n) is 6.23. The molecule has 1 saturated carbocycles. The Labute approximate surface area is 92.3 Å². The molecule has 2 rings (SSSR count). The van der Waals surface area contributed by atoms with Crippen LogP contribution in [0.4, 0.5) is 0 Å². The fourth-order valence-corrected chi connectivity index (χ4v) is 2.76. The first-order chi connectivity index (χ1) is 7.29. The van der Waals surface area contributed by atoms with E-state index in [1.54, 1.807) is 0 Å². The van der Waals surface area contributed by atoms with Gasteiger partial charge in [-0.2, -0.15) is 0 Å². The van der Waals surface area contributed by atoms with Crippen LogP contribution in [-0.2, 0) is 4.79 Å². The Kier molecular flexibility index (Phi) is 3.45. The van der Waals surface area contributed by atoms with Crippen LogP contribution in [0.3, 0.4) is 0 Å². The van der Waals surface area contributed by atoms with Crippen molar-refractivity contribution in [1.82, 2.24) is 4.90 Å². The molecule has 0 spiro atoms. The maximum absolute atomic E-state index is 12.3. The van der Waals surface area contributed by atoms with Gasteiger partial charge in [0.2, 0.25) is 5.91 Å². The molecule has 84 valence electrons. The molecule has 0 saturated heterocycles. The standard InChI is InChI=1S/C13H21NO/c1-11-7-3-4-8-12(11)13(15)14-9-5-2-6-10-14/h2,5,11-12H,3-4,6-10H2,1H3. The van der Waals surface area contributed by atoms with Gasteiger partial charge in [0.25, 0.3) is 0 Å². The number of hydrogen-bond donors (Lipinski definition) is 0. The van der Waals surface area contributed by atoms with Crippen LogP contribution >= 0.6 is 0 Å². The highest BCUT2D eigenvalue weighted by Crippen LogP contribution is 2.31. The Morgan fingerprint density at radius 1 is 1.27 bits per heavy atom. The number of rotatable bonds is 1. The first kappa shape index (κ1) is 10.7. The Morgan fingerprint density at radius 3 is 2.73 bits per heavy atom. The number of carbonyl (C=O) groups is 1. The lowest BCUT2D eigenvalue weighted by molar-refractivity contribution is -0.137. The van der Waals surface area contributed by atoms with E-state index in [0.29, 0.717) is 17.7 Å². The predicted molar refractivity (Wildman–Crippen MR) is 61.5 cm³/mol. The molecule has 15 heavy (non-hydrogen) atoms. The fourth-order valence-electron chi connectivity index (χ4n) is 2.76. The van der Waals surface area contributed by atoms with Gasteiger partial charge in [-0.25, -0.2) is 0 Å². The Morgan fingerprint density at radius 2 is 2.07 bits per heavy atom. The van der Waals surface area contributed by atoms with Crippen LogP contribution in [-0.4, -0.2) is 23.9 Å². The summed E-state index contributed by atoms with van der Waals surface area (Å²) in [4.78, 5) is 14.3. The minimum absolute atomic E-state index is 0.310. The molecule has 0 N–H and O–H groups in total. The molecule has 0 aromatic carbocycles. The van der Waals surface area contributed by atoms with Gasteiger partial charge in [-0.3, -0.25) is 4.79 Å². The highest BCUT2D eigenvalue weighted by atomic mass is 16.2. The lowest BCUT2D eigenvalue weighted by Crippen LogP contribution is -2.41. The zero-order valence-electron chi connectivity index (χ0n) is 9.61. The van der Waals surface area contributed by atoms with Crippen molar-refractivity contribution < 1.29 is 4.79 Å². The lowest BCUT2D eigenvalue weighted by atomic mass is 9.79. The number of hydrogen-bond acceptors (Lipinski definition) is 1. The summed E-state index contributed by atoms with van der Waals surface area (Å²) in [7, 11) is 0. The van der Waals surface area contributed by atoms with Gasteiger partial charge >= 0.3 is 0 Å². The molecule has 0 radical (unpaired) electrons. The van der Waals surface area contributed by atoms with Gasteiger partial charge < -0.3 is 4.90 Å². The quantitative estimate of drug-likeness (QED) is 0.605. The molecule has 1 amide bonds. The third-order valence-corrected chi connectivity index (χ3v) is 3.80. The average molecular weight is 207 g/mol. The largest absolute Gasteiger partial charge is 0.338 e. The van der Waals surface area contributed by atoms with Crippen LogP contribution in [0.15, 0.2) is 12.2 Å². The predicted octanol–water partition coefficient (Wildman–Crippen LogP) is 2.60. The van der Waals surface area contributed by atoms with Gasteiger partial charge in [-0.1, -0.05) is 31.9 Å². The second-order valence-electron chi connectivity index (χ2n) is 4.91. The van der Waals surface area contributed by atoms with E-state index < -0.39 is 0 Å². The minimum atomic E-state index is 0.310. The molecular formula is C13H21NO. The van der Waals surface area contributed by atoms with Crippen molar-refractivity contribution in [2.75, 3.05) is 13.1 Å². The van der Waals surface area contributed by atoms with Gasteiger partial charge in [0.05, 0.1) is 0 Å². The zero-order chi connectivity index (χ0) is 10.7. The van der Waals surface area contributed by atoms with Gasteiger partial charge in [-0.05, 0) is 25.2 Å². The number of amides is 1. The number of nitrogens with zero attached hydrogens (tertiary/aromatic N) is 1. The van der Waals surface area contributed by atoms with E-state index in [1.165, 1.54) is 19.3 Å². The molecule has 2 unspecified atom stereocenters. The van der Waals surface area contributed by atoms with Gasteiger partial charge in [0.1, 0.15) is 0 Å². The summed E-state index contributed by atoms with van der Waals surface area (Å²) in [5, 5.41) is 0. The van der Waals surface area contributed by atoms with Gasteiger partial charge in [0, 0.05) is 19.0 Å². The van der Waals surface area contributed by atoms with Crippen molar-refractivity contribution in [1.29, 1.82) is 0 Å². The molecule has 2 atom stereocenters. The minimum Gasteiger partial charge on any atom is -0.338 e. The van der Waals surface area contributed by atoms with Crippen LogP contribution in [0.1, 0.15) is 39.0 Å². The number of carbonyl (C=O) groups excluding carboxylic acids is 1. The smallest absolute Gasteiger partial charge is 0.226 e. The van der Waals surface area contributed by atoms with Gasteiger partial charge in [0.15, 0.2) is 0 Å². The Hall–Kier alpha value is -0.790. The molecule has 2 heteroatoms. The molecule has 0 aromatic rings. The van der Waals surface area contributed by atoms with E-state index in [2.05, 4.69) is 19.1 Å². The molecule has 2 nitrogen and oxygen atoms in total. The topological polar surface area (TPSA) is 20.3 Å². The van der Waals surface area contributed by atoms with Crippen LogP contribution in [0, 0.1) is 11.8 Å². The van der Waals surface area contributed by atoms with Crippen LogP contribution in [0.2, 0.25) is 0 Å². The highest BCUT2D eigenvalue weighted by molar-refractivity contribution is 5.79. The van der Waals surface area contributed by atoms with Crippen molar-refractivity contribution in [2.45, 2.75) is 39.0 Å². The van der Waals surface area contributed by atoms with E-state index in [4.69, 9.17) is 0 Å². The first-order valence-corrected chi connectivity index (χ1v) is 6.23. The maximum atomic E-state index is 12.3. The second kappa shape index (κ2) is 4.82. The third-order valence-electron chi connectivity index (χ3n) is 3.80. The molecule has 1 heterocycles. The molecule has 1 fully saturated rings. The van der Waals surface area contributed by atoms with Crippen LogP contribution in [0.25, 0.3) is 0 Å². The van der Waals surface area contributed by atoms with E-state index in [-0.39, 0.29) is 0 Å².